The normalized spacial score (nSPS) is 10.1. The number of allylic oxidation sites excluding steroid dienone is 1. The van der Waals surface area contributed by atoms with Crippen LogP contribution < -0.4 is 0 Å². The molecule has 0 saturated heterocycles. The first kappa shape index (κ1) is 13.3. The van der Waals surface area contributed by atoms with E-state index in [9.17, 15) is 4.79 Å². The first-order chi connectivity index (χ1) is 8.59. The van der Waals surface area contributed by atoms with Crippen molar-refractivity contribution in [3.63, 3.8) is 0 Å². The molecule has 0 aliphatic rings. The topological polar surface area (TPSA) is 17.1 Å². The van der Waals surface area contributed by atoms with Gasteiger partial charge in [0, 0.05) is 25.3 Å². The van der Waals surface area contributed by atoms with Crippen LogP contribution in [0, 0.1) is 3.57 Å². The Morgan fingerprint density at radius 1 is 1.06 bits per heavy atom. The van der Waals surface area contributed by atoms with Gasteiger partial charge in [-0.3, -0.25) is 4.79 Å². The molecule has 3 heteroatoms. The molecule has 0 unspecified atom stereocenters. The van der Waals surface area contributed by atoms with Crippen LogP contribution in [0.1, 0.15) is 15.9 Å². The minimum atomic E-state index is -0.0977. The summed E-state index contributed by atoms with van der Waals surface area (Å²) in [6.45, 7) is 3.85. The molecule has 0 saturated carbocycles. The van der Waals surface area contributed by atoms with E-state index in [1.807, 2.05) is 24.3 Å². The molecule has 0 N–H and O–H groups in total. The maximum atomic E-state index is 12.2. The lowest BCUT2D eigenvalue weighted by atomic mass is 9.98. The van der Waals surface area contributed by atoms with E-state index >= 15 is 0 Å². The minimum Gasteiger partial charge on any atom is -0.289 e. The summed E-state index contributed by atoms with van der Waals surface area (Å²) < 4.78 is 1.09. The van der Waals surface area contributed by atoms with Crippen molar-refractivity contribution in [2.45, 2.75) is 0 Å². The van der Waals surface area contributed by atoms with Crippen LogP contribution in [-0.4, -0.2) is 5.78 Å². The predicted octanol–water partition coefficient (Wildman–Crippen LogP) is 4.84. The van der Waals surface area contributed by atoms with Gasteiger partial charge in [-0.25, -0.2) is 0 Å². The van der Waals surface area contributed by atoms with Gasteiger partial charge in [0.15, 0.2) is 5.78 Å². The highest BCUT2D eigenvalue weighted by atomic mass is 127. The van der Waals surface area contributed by atoms with Crippen molar-refractivity contribution in [1.29, 1.82) is 0 Å². The van der Waals surface area contributed by atoms with Gasteiger partial charge in [-0.05, 0) is 52.9 Å². The van der Waals surface area contributed by atoms with Gasteiger partial charge < -0.3 is 0 Å². The summed E-state index contributed by atoms with van der Waals surface area (Å²) in [6, 6.07) is 14.6. The van der Waals surface area contributed by atoms with Crippen LogP contribution >= 0.6 is 34.2 Å². The SMILES string of the molecule is C=C(C(=O)c1ccc(I)cc1)c1ccccc1Cl. The zero-order valence-corrected chi connectivity index (χ0v) is 12.4. The Morgan fingerprint density at radius 2 is 1.67 bits per heavy atom. The molecule has 0 atom stereocenters. The Labute approximate surface area is 125 Å². The Morgan fingerprint density at radius 3 is 2.28 bits per heavy atom. The predicted molar refractivity (Wildman–Crippen MR) is 84.0 cm³/mol. The maximum Gasteiger partial charge on any atom is 0.193 e. The van der Waals surface area contributed by atoms with Crippen molar-refractivity contribution in [2.75, 3.05) is 0 Å². The van der Waals surface area contributed by atoms with Gasteiger partial charge in [0.25, 0.3) is 0 Å². The van der Waals surface area contributed by atoms with E-state index < -0.39 is 0 Å². The Kier molecular flexibility index (Phi) is 4.19. The fraction of sp³-hybridized carbons (Fsp3) is 0. The number of carbonyl (C=O) groups is 1. The van der Waals surface area contributed by atoms with Crippen molar-refractivity contribution in [2.24, 2.45) is 0 Å². The number of ketones is 1. The van der Waals surface area contributed by atoms with Gasteiger partial charge in [-0.1, -0.05) is 36.4 Å². The molecule has 1 nitrogen and oxygen atoms in total. The number of rotatable bonds is 3. The average Bonchev–Trinajstić information content (AvgIpc) is 2.38. The lowest BCUT2D eigenvalue weighted by Crippen LogP contribution is -2.02. The summed E-state index contributed by atoms with van der Waals surface area (Å²) in [5.74, 6) is -0.0977. The number of Topliss-reactive ketones (excluding diaryl/α,β-unsaturated/α-hetero) is 1. The van der Waals surface area contributed by atoms with Crippen molar-refractivity contribution >= 4 is 45.5 Å². The summed E-state index contributed by atoms with van der Waals surface area (Å²) in [6.07, 6.45) is 0. The van der Waals surface area contributed by atoms with Gasteiger partial charge in [0.1, 0.15) is 0 Å². The molecule has 0 spiro atoms. The van der Waals surface area contributed by atoms with Gasteiger partial charge in [-0.2, -0.15) is 0 Å². The van der Waals surface area contributed by atoms with Crippen LogP contribution in [0.5, 0.6) is 0 Å². The number of hydrogen-bond acceptors (Lipinski definition) is 1. The highest BCUT2D eigenvalue weighted by Gasteiger charge is 2.14. The molecular formula is C15H10ClIO. The van der Waals surface area contributed by atoms with Gasteiger partial charge >= 0.3 is 0 Å². The molecule has 0 aromatic heterocycles. The Hall–Kier alpha value is -1.13. The molecule has 18 heavy (non-hydrogen) atoms. The minimum absolute atomic E-state index is 0.0977. The molecule has 0 aliphatic heterocycles. The molecule has 2 aromatic rings. The molecule has 0 fully saturated rings. The number of halogens is 2. The van der Waals surface area contributed by atoms with E-state index in [1.165, 1.54) is 0 Å². The fourth-order valence-corrected chi connectivity index (χ4v) is 2.21. The molecule has 0 radical (unpaired) electrons. The first-order valence-electron chi connectivity index (χ1n) is 5.33. The fourth-order valence-electron chi connectivity index (χ4n) is 1.60. The highest BCUT2D eigenvalue weighted by Crippen LogP contribution is 2.25. The second kappa shape index (κ2) is 5.67. The van der Waals surface area contributed by atoms with E-state index in [-0.39, 0.29) is 5.78 Å². The Bertz CT molecular complexity index is 602. The lowest BCUT2D eigenvalue weighted by Gasteiger charge is -2.07. The van der Waals surface area contributed by atoms with Crippen LogP contribution in [0.4, 0.5) is 0 Å². The standard InChI is InChI=1S/C15H10ClIO/c1-10(13-4-2-3-5-14(13)16)15(18)11-6-8-12(17)9-7-11/h2-9H,1H2. The number of hydrogen-bond donors (Lipinski definition) is 0. The third-order valence-electron chi connectivity index (χ3n) is 2.58. The van der Waals surface area contributed by atoms with Crippen LogP contribution in [0.15, 0.2) is 55.1 Å². The summed E-state index contributed by atoms with van der Waals surface area (Å²) in [5.41, 5.74) is 1.73. The van der Waals surface area contributed by atoms with Gasteiger partial charge in [0.2, 0.25) is 0 Å². The van der Waals surface area contributed by atoms with E-state index in [1.54, 1.807) is 24.3 Å². The first-order valence-corrected chi connectivity index (χ1v) is 6.79. The zero-order chi connectivity index (χ0) is 13.1. The summed E-state index contributed by atoms with van der Waals surface area (Å²) >= 11 is 8.26. The van der Waals surface area contributed by atoms with Crippen molar-refractivity contribution < 1.29 is 4.79 Å². The number of benzene rings is 2. The molecule has 0 amide bonds. The number of carbonyl (C=O) groups excluding carboxylic acids is 1. The van der Waals surface area contributed by atoms with Gasteiger partial charge in [0.05, 0.1) is 0 Å². The van der Waals surface area contributed by atoms with Crippen LogP contribution in [0.3, 0.4) is 0 Å². The zero-order valence-electron chi connectivity index (χ0n) is 9.49. The lowest BCUT2D eigenvalue weighted by molar-refractivity contribution is 0.105. The second-order valence-electron chi connectivity index (χ2n) is 3.79. The third kappa shape index (κ3) is 2.82. The van der Waals surface area contributed by atoms with E-state index in [0.717, 1.165) is 3.57 Å². The summed E-state index contributed by atoms with van der Waals surface area (Å²) in [5, 5.41) is 0.543. The van der Waals surface area contributed by atoms with E-state index in [4.69, 9.17) is 11.6 Å². The Balaban J connectivity index is 2.33. The van der Waals surface area contributed by atoms with Gasteiger partial charge in [-0.15, -0.1) is 0 Å². The molecular weight excluding hydrogens is 359 g/mol. The molecule has 2 rings (SSSR count). The quantitative estimate of drug-likeness (QED) is 0.430. The molecule has 2 aromatic carbocycles. The average molecular weight is 369 g/mol. The van der Waals surface area contributed by atoms with Crippen molar-refractivity contribution in [3.8, 4) is 0 Å². The summed E-state index contributed by atoms with van der Waals surface area (Å²) in [7, 11) is 0. The third-order valence-corrected chi connectivity index (χ3v) is 3.63. The smallest absolute Gasteiger partial charge is 0.193 e. The van der Waals surface area contributed by atoms with Crippen molar-refractivity contribution in [3.05, 3.63) is 74.8 Å². The molecule has 0 aliphatic carbocycles. The monoisotopic (exact) mass is 368 g/mol. The van der Waals surface area contributed by atoms with Crippen LogP contribution in [0.2, 0.25) is 5.02 Å². The second-order valence-corrected chi connectivity index (χ2v) is 5.45. The van der Waals surface area contributed by atoms with Crippen molar-refractivity contribution in [1.82, 2.24) is 0 Å². The largest absolute Gasteiger partial charge is 0.289 e. The highest BCUT2D eigenvalue weighted by molar-refractivity contribution is 14.1. The molecule has 0 heterocycles. The molecule has 90 valence electrons. The van der Waals surface area contributed by atoms with Crippen LogP contribution in [0.25, 0.3) is 5.57 Å². The maximum absolute atomic E-state index is 12.2. The van der Waals surface area contributed by atoms with E-state index in [2.05, 4.69) is 29.2 Å². The summed E-state index contributed by atoms with van der Waals surface area (Å²) in [4.78, 5) is 12.2. The van der Waals surface area contributed by atoms with E-state index in [0.29, 0.717) is 21.7 Å². The van der Waals surface area contributed by atoms with Crippen LogP contribution in [-0.2, 0) is 0 Å². The molecule has 0 bridgehead atoms.